The molecule has 2 saturated carbocycles. The Labute approximate surface area is 166 Å². The SMILES string of the molecule is OC1CC2CC(C1)CC(c1c(-c3ccccc3Cl)ccc3ccccc13)C2. The topological polar surface area (TPSA) is 20.2 Å². The summed E-state index contributed by atoms with van der Waals surface area (Å²) in [5.41, 5.74) is 3.88. The molecule has 0 saturated heterocycles. The van der Waals surface area contributed by atoms with Crippen LogP contribution < -0.4 is 0 Å². The molecule has 1 nitrogen and oxygen atoms in total. The van der Waals surface area contributed by atoms with Crippen LogP contribution in [0.4, 0.5) is 0 Å². The molecule has 5 rings (SSSR count). The molecule has 0 aliphatic heterocycles. The summed E-state index contributed by atoms with van der Waals surface area (Å²) in [6, 6.07) is 21.4. The van der Waals surface area contributed by atoms with Crippen LogP contribution in [0.25, 0.3) is 21.9 Å². The first-order valence-corrected chi connectivity index (χ1v) is 10.5. The van der Waals surface area contributed by atoms with Crippen molar-refractivity contribution < 1.29 is 5.11 Å². The van der Waals surface area contributed by atoms with Crippen molar-refractivity contribution in [2.24, 2.45) is 11.8 Å². The second-order valence-electron chi connectivity index (χ2n) is 8.49. The molecule has 2 unspecified atom stereocenters. The van der Waals surface area contributed by atoms with E-state index in [1.54, 1.807) is 0 Å². The fraction of sp³-hybridized carbons (Fsp3) is 0.360. The molecule has 2 aliphatic carbocycles. The highest BCUT2D eigenvalue weighted by atomic mass is 35.5. The van der Waals surface area contributed by atoms with Crippen molar-refractivity contribution in [2.45, 2.75) is 44.1 Å². The van der Waals surface area contributed by atoms with E-state index >= 15 is 0 Å². The highest BCUT2D eigenvalue weighted by molar-refractivity contribution is 6.33. The Hall–Kier alpha value is -1.83. The van der Waals surface area contributed by atoms with E-state index in [-0.39, 0.29) is 6.10 Å². The molecular formula is C25H25ClO. The molecule has 0 amide bonds. The van der Waals surface area contributed by atoms with E-state index in [2.05, 4.69) is 48.5 Å². The highest BCUT2D eigenvalue weighted by Crippen LogP contribution is 2.50. The highest BCUT2D eigenvalue weighted by Gasteiger charge is 2.37. The number of benzene rings is 3. The summed E-state index contributed by atoms with van der Waals surface area (Å²) < 4.78 is 0. The second kappa shape index (κ2) is 6.96. The molecule has 1 N–H and O–H groups in total. The van der Waals surface area contributed by atoms with Crippen LogP contribution >= 0.6 is 11.6 Å². The number of fused-ring (bicyclic) bond motifs is 3. The first-order valence-electron chi connectivity index (χ1n) is 10.1. The maximum Gasteiger partial charge on any atom is 0.0545 e. The van der Waals surface area contributed by atoms with Crippen molar-refractivity contribution in [3.8, 4) is 11.1 Å². The molecule has 2 aliphatic rings. The largest absolute Gasteiger partial charge is 0.393 e. The van der Waals surface area contributed by atoms with E-state index in [1.165, 1.54) is 41.2 Å². The molecule has 138 valence electrons. The third-order valence-electron chi connectivity index (χ3n) is 6.66. The molecule has 0 aromatic heterocycles. The molecule has 0 heterocycles. The van der Waals surface area contributed by atoms with Crippen molar-refractivity contribution in [1.29, 1.82) is 0 Å². The maximum atomic E-state index is 10.2. The molecule has 3 aromatic rings. The van der Waals surface area contributed by atoms with Gasteiger partial charge in [0.15, 0.2) is 0 Å². The zero-order valence-corrected chi connectivity index (χ0v) is 16.2. The van der Waals surface area contributed by atoms with Gasteiger partial charge in [-0.05, 0) is 77.8 Å². The Morgan fingerprint density at radius 2 is 1.41 bits per heavy atom. The second-order valence-corrected chi connectivity index (χ2v) is 8.90. The van der Waals surface area contributed by atoms with Gasteiger partial charge in [-0.25, -0.2) is 0 Å². The Kier molecular flexibility index (Phi) is 4.46. The van der Waals surface area contributed by atoms with Crippen LogP contribution in [-0.4, -0.2) is 11.2 Å². The van der Waals surface area contributed by atoms with Crippen LogP contribution in [0, 0.1) is 11.8 Å². The molecule has 0 spiro atoms. The van der Waals surface area contributed by atoms with Crippen molar-refractivity contribution in [1.82, 2.24) is 0 Å². The molecule has 2 atom stereocenters. The van der Waals surface area contributed by atoms with Gasteiger partial charge >= 0.3 is 0 Å². The molecule has 0 radical (unpaired) electrons. The first-order chi connectivity index (χ1) is 13.2. The molecule has 3 aromatic carbocycles. The summed E-state index contributed by atoms with van der Waals surface area (Å²) in [5.74, 6) is 1.84. The fourth-order valence-corrected chi connectivity index (χ4v) is 5.94. The van der Waals surface area contributed by atoms with E-state index in [4.69, 9.17) is 11.6 Å². The summed E-state index contributed by atoms with van der Waals surface area (Å²) in [4.78, 5) is 0. The van der Waals surface area contributed by atoms with E-state index in [0.717, 1.165) is 23.4 Å². The number of halogens is 1. The summed E-state index contributed by atoms with van der Waals surface area (Å²) >= 11 is 6.60. The van der Waals surface area contributed by atoms with Crippen LogP contribution in [-0.2, 0) is 0 Å². The van der Waals surface area contributed by atoms with Crippen molar-refractivity contribution >= 4 is 22.4 Å². The van der Waals surface area contributed by atoms with Gasteiger partial charge in [0.1, 0.15) is 0 Å². The number of aliphatic hydroxyl groups is 1. The quantitative estimate of drug-likeness (QED) is 0.520. The Morgan fingerprint density at radius 1 is 0.704 bits per heavy atom. The van der Waals surface area contributed by atoms with E-state index < -0.39 is 0 Å². The zero-order chi connectivity index (χ0) is 18.4. The number of rotatable bonds is 2. The fourth-order valence-electron chi connectivity index (χ4n) is 5.70. The Bertz CT molecular complexity index is 961. The lowest BCUT2D eigenvalue weighted by atomic mass is 9.64. The average Bonchev–Trinajstić information content (AvgIpc) is 2.66. The number of aliphatic hydroxyl groups excluding tert-OH is 1. The van der Waals surface area contributed by atoms with Crippen LogP contribution in [0.1, 0.15) is 43.6 Å². The Morgan fingerprint density at radius 3 is 2.19 bits per heavy atom. The molecule has 2 bridgehead atoms. The van der Waals surface area contributed by atoms with E-state index in [1.807, 2.05) is 12.1 Å². The van der Waals surface area contributed by atoms with E-state index in [0.29, 0.717) is 17.8 Å². The third kappa shape index (κ3) is 3.17. The van der Waals surface area contributed by atoms with Crippen molar-refractivity contribution in [3.05, 3.63) is 71.2 Å². The lowest BCUT2D eigenvalue weighted by Gasteiger charge is -2.42. The van der Waals surface area contributed by atoms with E-state index in [9.17, 15) is 5.11 Å². The lowest BCUT2D eigenvalue weighted by molar-refractivity contribution is 0.0391. The summed E-state index contributed by atoms with van der Waals surface area (Å²) in [5, 5.41) is 13.7. The predicted octanol–water partition coefficient (Wildman–Crippen LogP) is 6.81. The normalized spacial score (nSPS) is 27.6. The third-order valence-corrected chi connectivity index (χ3v) is 6.99. The monoisotopic (exact) mass is 376 g/mol. The number of hydrogen-bond acceptors (Lipinski definition) is 1. The zero-order valence-electron chi connectivity index (χ0n) is 15.4. The van der Waals surface area contributed by atoms with Gasteiger partial charge in [0.25, 0.3) is 0 Å². The van der Waals surface area contributed by atoms with Gasteiger partial charge in [0.2, 0.25) is 0 Å². The minimum atomic E-state index is -0.0924. The molecule has 27 heavy (non-hydrogen) atoms. The minimum absolute atomic E-state index is 0.0924. The molecule has 2 fully saturated rings. The first kappa shape index (κ1) is 17.3. The van der Waals surface area contributed by atoms with Crippen LogP contribution in [0.5, 0.6) is 0 Å². The number of hydrogen-bond donors (Lipinski definition) is 1. The van der Waals surface area contributed by atoms with Crippen LogP contribution in [0.15, 0.2) is 60.7 Å². The lowest BCUT2D eigenvalue weighted by Crippen LogP contribution is -2.33. The van der Waals surface area contributed by atoms with Crippen LogP contribution in [0.2, 0.25) is 5.02 Å². The van der Waals surface area contributed by atoms with Gasteiger partial charge in [0, 0.05) is 10.6 Å². The maximum absolute atomic E-state index is 10.2. The van der Waals surface area contributed by atoms with Gasteiger partial charge in [-0.2, -0.15) is 0 Å². The Balaban J connectivity index is 1.68. The van der Waals surface area contributed by atoms with Crippen LogP contribution in [0.3, 0.4) is 0 Å². The minimum Gasteiger partial charge on any atom is -0.393 e. The standard InChI is InChI=1S/C25H25ClO/c26-24-8-4-3-7-22(24)23-10-9-18-5-1-2-6-21(18)25(23)19-12-16-11-17(13-19)15-20(27)14-16/h1-10,16-17,19-20,27H,11-15H2. The van der Waals surface area contributed by atoms with Gasteiger partial charge in [0.05, 0.1) is 6.10 Å². The smallest absolute Gasteiger partial charge is 0.0545 e. The van der Waals surface area contributed by atoms with Gasteiger partial charge in [-0.3, -0.25) is 0 Å². The average molecular weight is 377 g/mol. The predicted molar refractivity (Wildman–Crippen MR) is 113 cm³/mol. The summed E-state index contributed by atoms with van der Waals surface area (Å²) in [6.07, 6.45) is 5.50. The van der Waals surface area contributed by atoms with Gasteiger partial charge < -0.3 is 5.11 Å². The molecule has 2 heteroatoms. The molecular weight excluding hydrogens is 352 g/mol. The van der Waals surface area contributed by atoms with Crippen molar-refractivity contribution in [3.63, 3.8) is 0 Å². The van der Waals surface area contributed by atoms with Gasteiger partial charge in [-0.1, -0.05) is 66.2 Å². The van der Waals surface area contributed by atoms with Crippen molar-refractivity contribution in [2.75, 3.05) is 0 Å². The summed E-state index contributed by atoms with van der Waals surface area (Å²) in [6.45, 7) is 0. The van der Waals surface area contributed by atoms with Gasteiger partial charge in [-0.15, -0.1) is 0 Å². The summed E-state index contributed by atoms with van der Waals surface area (Å²) in [7, 11) is 0.